The third kappa shape index (κ3) is 8.12. The number of halogens is 1. The number of carbonyl (C=O) groups excluding carboxylic acids is 1. The van der Waals surface area contributed by atoms with Crippen LogP contribution in [0.25, 0.3) is 0 Å². The summed E-state index contributed by atoms with van der Waals surface area (Å²) in [6.45, 7) is 11.2. The lowest BCUT2D eigenvalue weighted by atomic mass is 9.57. The lowest BCUT2D eigenvalue weighted by Crippen LogP contribution is -2.60. The van der Waals surface area contributed by atoms with Crippen molar-refractivity contribution in [1.82, 2.24) is 24.9 Å². The molecule has 14 heteroatoms. The molecule has 1 saturated carbocycles. The lowest BCUT2D eigenvalue weighted by Gasteiger charge is -2.54. The summed E-state index contributed by atoms with van der Waals surface area (Å²) in [5.41, 5.74) is 1.72. The molecule has 12 nitrogen and oxygen atoms in total. The first-order chi connectivity index (χ1) is 26.6. The Labute approximate surface area is 324 Å². The molecule has 2 aromatic rings. The first-order valence-corrected chi connectivity index (χ1v) is 22.0. The topological polar surface area (TPSA) is 126 Å². The quantitative estimate of drug-likeness (QED) is 0.313. The van der Waals surface area contributed by atoms with Crippen molar-refractivity contribution in [3.63, 3.8) is 0 Å². The average molecular weight is 781 g/mol. The number of likely N-dealkylation sites (tertiary alicyclic amines) is 3. The van der Waals surface area contributed by atoms with Crippen molar-refractivity contribution in [1.29, 1.82) is 0 Å². The number of rotatable bonds is 13. The first-order valence-electron chi connectivity index (χ1n) is 20.5. The zero-order chi connectivity index (χ0) is 38.2. The maximum absolute atomic E-state index is 14.9. The predicted molar refractivity (Wildman–Crippen MR) is 208 cm³/mol. The van der Waals surface area contributed by atoms with Crippen LogP contribution in [0.4, 0.5) is 14.9 Å². The van der Waals surface area contributed by atoms with Gasteiger partial charge in [0, 0.05) is 75.4 Å². The van der Waals surface area contributed by atoms with Gasteiger partial charge in [-0.1, -0.05) is 18.6 Å². The number of ether oxygens (including phenoxy) is 1. The van der Waals surface area contributed by atoms with Gasteiger partial charge in [-0.3, -0.25) is 9.69 Å². The SMILES string of the molecule is O=C(O)N[C@H]1CCC[C@@H]1C(CN1CCC1)(c1cccc(F)c1)C1CCN(CC2CN(c3ccc(S(=O)(=O)C4CN(C(=O)CN5CCOCC5)C4)cc3)C2)CC1. The second kappa shape index (κ2) is 16.3. The van der Waals surface area contributed by atoms with Crippen LogP contribution in [-0.4, -0.2) is 155 Å². The monoisotopic (exact) mass is 780 g/mol. The minimum atomic E-state index is -3.52. The van der Waals surface area contributed by atoms with Gasteiger partial charge in [0.2, 0.25) is 5.91 Å². The molecule has 6 aliphatic rings. The van der Waals surface area contributed by atoms with E-state index in [9.17, 15) is 27.5 Å². The summed E-state index contributed by atoms with van der Waals surface area (Å²) < 4.78 is 47.0. The van der Waals surface area contributed by atoms with Crippen LogP contribution in [0.1, 0.15) is 44.1 Å². The summed E-state index contributed by atoms with van der Waals surface area (Å²) in [6, 6.07) is 14.3. The number of sulfone groups is 1. The Morgan fingerprint density at radius 3 is 2.24 bits per heavy atom. The summed E-state index contributed by atoms with van der Waals surface area (Å²) in [4.78, 5) is 36.0. The second-order valence-electron chi connectivity index (χ2n) is 17.0. The van der Waals surface area contributed by atoms with Crippen LogP contribution in [0.15, 0.2) is 53.4 Å². The smallest absolute Gasteiger partial charge is 0.404 e. The van der Waals surface area contributed by atoms with Crippen molar-refractivity contribution < 1.29 is 32.2 Å². The van der Waals surface area contributed by atoms with Gasteiger partial charge in [0.1, 0.15) is 11.1 Å². The molecule has 5 heterocycles. The van der Waals surface area contributed by atoms with Gasteiger partial charge in [-0.05, 0) is 112 Å². The van der Waals surface area contributed by atoms with E-state index in [1.807, 2.05) is 18.2 Å². The average Bonchev–Trinajstić information content (AvgIpc) is 3.57. The molecule has 0 aromatic heterocycles. The lowest BCUT2D eigenvalue weighted by molar-refractivity contribution is -0.136. The minimum absolute atomic E-state index is 0.0210. The number of hydrogen-bond acceptors (Lipinski definition) is 9. The van der Waals surface area contributed by atoms with Crippen LogP contribution in [0.3, 0.4) is 0 Å². The second-order valence-corrected chi connectivity index (χ2v) is 19.2. The third-order valence-electron chi connectivity index (χ3n) is 13.7. The molecule has 0 bridgehead atoms. The summed E-state index contributed by atoms with van der Waals surface area (Å²) in [7, 11) is -3.52. The highest BCUT2D eigenvalue weighted by Gasteiger charge is 2.53. The van der Waals surface area contributed by atoms with Crippen LogP contribution in [0, 0.1) is 23.6 Å². The molecule has 0 radical (unpaired) electrons. The van der Waals surface area contributed by atoms with Crippen LogP contribution in [0.2, 0.25) is 0 Å². The maximum Gasteiger partial charge on any atom is 0.404 e. The van der Waals surface area contributed by atoms with E-state index < -0.39 is 21.2 Å². The van der Waals surface area contributed by atoms with E-state index in [0.717, 1.165) is 109 Å². The Kier molecular flexibility index (Phi) is 11.4. The largest absolute Gasteiger partial charge is 0.465 e. The number of nitrogens with one attached hydrogen (secondary N) is 1. The minimum Gasteiger partial charge on any atom is -0.465 e. The molecule has 55 heavy (non-hydrogen) atoms. The van der Waals surface area contributed by atoms with E-state index in [0.29, 0.717) is 36.5 Å². The fraction of sp³-hybridized carbons (Fsp3) is 0.659. The Balaban J connectivity index is 0.852. The predicted octanol–water partition coefficient (Wildman–Crippen LogP) is 3.37. The van der Waals surface area contributed by atoms with Crippen molar-refractivity contribution in [2.75, 3.05) is 103 Å². The molecular weight excluding hydrogens is 724 g/mol. The van der Waals surface area contributed by atoms with E-state index in [2.05, 4.69) is 31.0 Å². The summed E-state index contributed by atoms with van der Waals surface area (Å²) in [5, 5.41) is 12.1. The van der Waals surface area contributed by atoms with Crippen molar-refractivity contribution >= 4 is 27.5 Å². The molecule has 5 aliphatic heterocycles. The summed E-state index contributed by atoms with van der Waals surface area (Å²) >= 11 is 0. The van der Waals surface area contributed by atoms with Crippen molar-refractivity contribution in [2.45, 2.75) is 60.1 Å². The van der Waals surface area contributed by atoms with E-state index >= 15 is 0 Å². The normalized spacial score (nSPS) is 26.2. The van der Waals surface area contributed by atoms with E-state index in [4.69, 9.17) is 4.74 Å². The van der Waals surface area contributed by atoms with E-state index in [-0.39, 0.29) is 42.2 Å². The molecule has 2 N–H and O–H groups in total. The van der Waals surface area contributed by atoms with Crippen molar-refractivity contribution in [3.05, 3.63) is 59.9 Å². The number of nitrogens with zero attached hydrogens (tertiary/aromatic N) is 5. The fourth-order valence-electron chi connectivity index (χ4n) is 10.5. The van der Waals surface area contributed by atoms with E-state index in [1.165, 1.54) is 12.5 Å². The highest BCUT2D eigenvalue weighted by molar-refractivity contribution is 7.92. The molecule has 0 spiro atoms. The number of piperidine rings is 1. The zero-order valence-electron chi connectivity index (χ0n) is 31.9. The van der Waals surface area contributed by atoms with Gasteiger partial charge in [-0.15, -0.1) is 0 Å². The van der Waals surface area contributed by atoms with Gasteiger partial charge in [0.15, 0.2) is 9.84 Å². The molecule has 2 amide bonds. The molecule has 300 valence electrons. The van der Waals surface area contributed by atoms with Gasteiger partial charge in [-0.2, -0.15) is 0 Å². The number of morpholine rings is 1. The summed E-state index contributed by atoms with van der Waals surface area (Å²) in [5.74, 6) is 0.699. The number of benzene rings is 2. The molecular formula is C41H57FN6O6S. The van der Waals surface area contributed by atoms with Gasteiger partial charge in [-0.25, -0.2) is 17.6 Å². The number of hydrogen-bond donors (Lipinski definition) is 2. The summed E-state index contributed by atoms with van der Waals surface area (Å²) in [6.07, 6.45) is 4.91. The molecule has 2 aromatic carbocycles. The molecule has 8 rings (SSSR count). The maximum atomic E-state index is 14.9. The Morgan fingerprint density at radius 1 is 0.855 bits per heavy atom. The third-order valence-corrected chi connectivity index (χ3v) is 15.8. The van der Waals surface area contributed by atoms with Crippen molar-refractivity contribution in [2.24, 2.45) is 17.8 Å². The molecule has 5 saturated heterocycles. The van der Waals surface area contributed by atoms with Crippen LogP contribution in [0.5, 0.6) is 0 Å². The van der Waals surface area contributed by atoms with Gasteiger partial charge in [0.05, 0.1) is 24.7 Å². The Hall–Kier alpha value is -3.30. The fourth-order valence-corrected chi connectivity index (χ4v) is 12.2. The standard InChI is InChI=1S/C41H57FN6O6S/c42-33-5-1-4-32(22-33)41(29-46-14-3-15-46,37-6-2-7-38(37)43-40(50)51)31-12-16-44(17-13-31)23-30-24-47(25-30)34-8-10-35(11-9-34)55(52,53)36-26-48(27-36)39(49)28-45-18-20-54-21-19-45/h1,4-5,8-11,22,30-31,36-38,43H,2-3,6-7,12-21,23-29H2,(H,50,51)/t37-,38-,41?/m0/s1. The highest BCUT2D eigenvalue weighted by Crippen LogP contribution is 2.51. The van der Waals surface area contributed by atoms with Crippen LogP contribution < -0.4 is 10.2 Å². The number of carboxylic acid groups (broad SMARTS) is 1. The highest BCUT2D eigenvalue weighted by atomic mass is 32.2. The zero-order valence-corrected chi connectivity index (χ0v) is 32.7. The number of anilines is 1. The number of amides is 2. The first kappa shape index (κ1) is 38.6. The van der Waals surface area contributed by atoms with Crippen LogP contribution in [-0.2, 0) is 24.8 Å². The van der Waals surface area contributed by atoms with Gasteiger partial charge in [0.25, 0.3) is 0 Å². The molecule has 1 aliphatic carbocycles. The molecule has 6 fully saturated rings. The van der Waals surface area contributed by atoms with Gasteiger partial charge >= 0.3 is 6.09 Å². The van der Waals surface area contributed by atoms with E-state index in [1.54, 1.807) is 23.1 Å². The number of carbonyl (C=O) groups is 2. The van der Waals surface area contributed by atoms with Gasteiger partial charge < -0.3 is 34.8 Å². The molecule has 1 unspecified atom stereocenters. The van der Waals surface area contributed by atoms with Crippen LogP contribution >= 0.6 is 0 Å². The van der Waals surface area contributed by atoms with Crippen molar-refractivity contribution in [3.8, 4) is 0 Å². The Bertz CT molecular complexity index is 1770. The molecule has 3 atom stereocenters. The Morgan fingerprint density at radius 2 is 1.58 bits per heavy atom.